The van der Waals surface area contributed by atoms with Crippen LogP contribution in [0.2, 0.25) is 0 Å². The summed E-state index contributed by atoms with van der Waals surface area (Å²) in [7, 11) is 0. The predicted octanol–water partition coefficient (Wildman–Crippen LogP) is 0.765. The Bertz CT molecular complexity index is 845. The Labute approximate surface area is 240 Å². The van der Waals surface area contributed by atoms with Crippen molar-refractivity contribution in [2.24, 2.45) is 5.73 Å². The second-order valence-electron chi connectivity index (χ2n) is 13.3. The second-order valence-corrected chi connectivity index (χ2v) is 13.3. The first-order valence-corrected chi connectivity index (χ1v) is 14.1. The Morgan fingerprint density at radius 3 is 1.50 bits per heavy atom. The molecule has 12 nitrogen and oxygen atoms in total. The Morgan fingerprint density at radius 2 is 1.07 bits per heavy atom. The Morgan fingerprint density at radius 1 is 0.675 bits per heavy atom. The number of amides is 1. The van der Waals surface area contributed by atoms with Gasteiger partial charge >= 0.3 is 17.9 Å². The summed E-state index contributed by atoms with van der Waals surface area (Å²) in [5.74, 6) is -1.58. The van der Waals surface area contributed by atoms with Crippen LogP contribution in [0.25, 0.3) is 0 Å². The van der Waals surface area contributed by atoms with Crippen molar-refractivity contribution in [3.63, 3.8) is 0 Å². The Hall–Kier alpha value is -2.28. The van der Waals surface area contributed by atoms with Crippen LogP contribution in [0.15, 0.2) is 0 Å². The first-order chi connectivity index (χ1) is 18.2. The average Bonchev–Trinajstić information content (AvgIpc) is 2.71. The average molecular weight is 572 g/mol. The first-order valence-electron chi connectivity index (χ1n) is 14.1. The third-order valence-corrected chi connectivity index (χ3v) is 5.67. The molecule has 0 aromatic heterocycles. The van der Waals surface area contributed by atoms with Gasteiger partial charge in [-0.2, -0.15) is 0 Å². The number of carbonyl (C=O) groups excluding carboxylic acids is 4. The lowest BCUT2D eigenvalue weighted by Gasteiger charge is -2.35. The van der Waals surface area contributed by atoms with Gasteiger partial charge in [-0.05, 0) is 62.3 Å². The molecule has 0 saturated carbocycles. The lowest BCUT2D eigenvalue weighted by molar-refractivity contribution is -0.159. The van der Waals surface area contributed by atoms with Gasteiger partial charge in [-0.3, -0.25) is 33.9 Å². The fourth-order valence-electron chi connectivity index (χ4n) is 4.20. The van der Waals surface area contributed by atoms with E-state index in [1.165, 1.54) is 0 Å². The van der Waals surface area contributed by atoms with Crippen molar-refractivity contribution in [3.8, 4) is 0 Å². The molecule has 1 aliphatic rings. The number of ether oxygens (including phenoxy) is 3. The first kappa shape index (κ1) is 35.7. The van der Waals surface area contributed by atoms with Crippen molar-refractivity contribution in [1.82, 2.24) is 20.0 Å². The van der Waals surface area contributed by atoms with E-state index in [0.29, 0.717) is 45.8 Å². The fourth-order valence-corrected chi connectivity index (χ4v) is 4.20. The molecule has 1 aliphatic heterocycles. The largest absolute Gasteiger partial charge is 0.459 e. The highest BCUT2D eigenvalue weighted by Gasteiger charge is 2.28. The summed E-state index contributed by atoms with van der Waals surface area (Å²) in [4.78, 5) is 55.8. The smallest absolute Gasteiger partial charge is 0.320 e. The van der Waals surface area contributed by atoms with E-state index in [2.05, 4.69) is 5.32 Å². The van der Waals surface area contributed by atoms with Gasteiger partial charge in [0.05, 0.1) is 19.6 Å². The SMILES string of the molecule is CC(C)(C)OC(=O)CN1CCNCC(CC(N)=O)N(CC(=O)OC(C)(C)C)CCN(CC(=O)OC(C)(C)C)CC1. The van der Waals surface area contributed by atoms with E-state index < -0.39 is 28.7 Å². The van der Waals surface area contributed by atoms with Crippen LogP contribution in [-0.4, -0.2) is 127 Å². The molecule has 1 unspecified atom stereocenters. The van der Waals surface area contributed by atoms with Crippen LogP contribution < -0.4 is 11.1 Å². The van der Waals surface area contributed by atoms with Gasteiger partial charge in [-0.15, -0.1) is 0 Å². The van der Waals surface area contributed by atoms with E-state index in [9.17, 15) is 19.2 Å². The molecule has 0 radical (unpaired) electrons. The van der Waals surface area contributed by atoms with Crippen LogP contribution >= 0.6 is 0 Å². The lowest BCUT2D eigenvalue weighted by Crippen LogP contribution is -2.53. The molecule has 1 saturated heterocycles. The van der Waals surface area contributed by atoms with Crippen molar-refractivity contribution in [1.29, 1.82) is 0 Å². The van der Waals surface area contributed by atoms with E-state index in [4.69, 9.17) is 19.9 Å². The van der Waals surface area contributed by atoms with E-state index in [-0.39, 0.29) is 44.0 Å². The van der Waals surface area contributed by atoms with Crippen molar-refractivity contribution in [3.05, 3.63) is 0 Å². The maximum absolute atomic E-state index is 12.8. The predicted molar refractivity (Wildman–Crippen MR) is 152 cm³/mol. The van der Waals surface area contributed by atoms with Gasteiger partial charge in [0.2, 0.25) is 5.91 Å². The number of hydrogen-bond acceptors (Lipinski definition) is 11. The number of primary amides is 1. The van der Waals surface area contributed by atoms with Crippen LogP contribution in [0.4, 0.5) is 0 Å². The van der Waals surface area contributed by atoms with Crippen molar-refractivity contribution in [2.45, 2.75) is 91.6 Å². The van der Waals surface area contributed by atoms with Gasteiger partial charge in [0.25, 0.3) is 0 Å². The Kier molecular flexibility index (Phi) is 14.0. The maximum Gasteiger partial charge on any atom is 0.320 e. The van der Waals surface area contributed by atoms with Gasteiger partial charge in [0.1, 0.15) is 16.8 Å². The van der Waals surface area contributed by atoms with Crippen LogP contribution in [-0.2, 0) is 33.4 Å². The van der Waals surface area contributed by atoms with E-state index in [1.807, 2.05) is 56.2 Å². The minimum Gasteiger partial charge on any atom is -0.459 e. The standard InChI is InChI=1S/C28H53N5O7/c1-26(2,3)38-23(35)18-31-11-10-30-17-21(16-22(29)34)33(20-25(37)40-28(7,8)9)15-14-32(13-12-31)19-24(36)39-27(4,5)6/h21,30H,10-20H2,1-9H3,(H2,29,34). The number of nitrogens with zero attached hydrogens (tertiary/aromatic N) is 3. The van der Waals surface area contributed by atoms with Crippen molar-refractivity contribution >= 4 is 23.8 Å². The number of nitrogens with one attached hydrogen (secondary N) is 1. The number of hydrogen-bond donors (Lipinski definition) is 2. The molecule has 1 rings (SSSR count). The third kappa shape index (κ3) is 17.4. The van der Waals surface area contributed by atoms with Gasteiger partial charge in [-0.1, -0.05) is 0 Å². The summed E-state index contributed by atoms with van der Waals surface area (Å²) in [5, 5.41) is 3.35. The Balaban J connectivity index is 3.17. The van der Waals surface area contributed by atoms with Crippen LogP contribution in [0.1, 0.15) is 68.7 Å². The quantitative estimate of drug-likeness (QED) is 0.315. The highest BCUT2D eigenvalue weighted by molar-refractivity contribution is 5.75. The van der Waals surface area contributed by atoms with Crippen LogP contribution in [0.3, 0.4) is 0 Å². The zero-order valence-corrected chi connectivity index (χ0v) is 26.1. The number of rotatable bonds is 8. The minimum atomic E-state index is -0.651. The molecule has 0 spiro atoms. The van der Waals surface area contributed by atoms with E-state index in [0.717, 1.165) is 0 Å². The molecule has 12 heteroatoms. The van der Waals surface area contributed by atoms with E-state index in [1.54, 1.807) is 20.8 Å². The van der Waals surface area contributed by atoms with Gasteiger partial charge in [-0.25, -0.2) is 0 Å². The molecule has 1 amide bonds. The zero-order valence-electron chi connectivity index (χ0n) is 26.1. The molecule has 0 aromatic carbocycles. The topological polar surface area (TPSA) is 144 Å². The summed E-state index contributed by atoms with van der Waals surface area (Å²) in [6.07, 6.45) is 0.0451. The summed E-state index contributed by atoms with van der Waals surface area (Å²) in [5.41, 5.74) is 3.70. The van der Waals surface area contributed by atoms with Gasteiger partial charge < -0.3 is 25.3 Å². The van der Waals surface area contributed by atoms with Crippen LogP contribution in [0.5, 0.6) is 0 Å². The fraction of sp³-hybridized carbons (Fsp3) is 0.857. The van der Waals surface area contributed by atoms with Gasteiger partial charge in [0, 0.05) is 58.3 Å². The van der Waals surface area contributed by atoms with Gasteiger partial charge in [0.15, 0.2) is 0 Å². The second kappa shape index (κ2) is 15.6. The molecular weight excluding hydrogens is 518 g/mol. The summed E-state index contributed by atoms with van der Waals surface area (Å²) in [6, 6.07) is -0.368. The molecule has 0 bridgehead atoms. The van der Waals surface area contributed by atoms with Crippen LogP contribution in [0, 0.1) is 0 Å². The number of nitrogens with two attached hydrogens (primary N) is 1. The van der Waals surface area contributed by atoms with Crippen molar-refractivity contribution < 1.29 is 33.4 Å². The van der Waals surface area contributed by atoms with E-state index >= 15 is 0 Å². The lowest BCUT2D eigenvalue weighted by atomic mass is 10.1. The number of esters is 3. The minimum absolute atomic E-state index is 0.0259. The molecule has 0 aliphatic carbocycles. The molecule has 1 heterocycles. The third-order valence-electron chi connectivity index (χ3n) is 5.67. The highest BCUT2D eigenvalue weighted by atomic mass is 16.6. The molecule has 0 aromatic rings. The molecule has 1 atom stereocenters. The number of carbonyl (C=O) groups is 4. The molecule has 3 N–H and O–H groups in total. The normalized spacial score (nSPS) is 19.7. The molecule has 232 valence electrons. The zero-order chi connectivity index (χ0) is 30.7. The molecular formula is C28H53N5O7. The molecule has 1 fully saturated rings. The molecule has 40 heavy (non-hydrogen) atoms. The van der Waals surface area contributed by atoms with Crippen molar-refractivity contribution in [2.75, 3.05) is 65.4 Å². The summed E-state index contributed by atoms with van der Waals surface area (Å²) < 4.78 is 16.6. The highest BCUT2D eigenvalue weighted by Crippen LogP contribution is 2.13. The summed E-state index contributed by atoms with van der Waals surface area (Å²) >= 11 is 0. The monoisotopic (exact) mass is 571 g/mol. The summed E-state index contributed by atoms with van der Waals surface area (Å²) in [6.45, 7) is 19.7. The maximum atomic E-state index is 12.8.